The van der Waals surface area contributed by atoms with Crippen molar-refractivity contribution in [3.8, 4) is 5.75 Å². The molecule has 92 valence electrons. The first-order valence-electron chi connectivity index (χ1n) is 6.04. The molecule has 1 aromatic carbocycles. The van der Waals surface area contributed by atoms with Crippen LogP contribution >= 0.6 is 0 Å². The second kappa shape index (κ2) is 4.78. The number of Topliss-reactive ketones (excluding diaryl/α,β-unsaturated/α-hetero) is 1. The van der Waals surface area contributed by atoms with Gasteiger partial charge >= 0.3 is 0 Å². The van der Waals surface area contributed by atoms with Gasteiger partial charge in [-0.25, -0.2) is 0 Å². The van der Waals surface area contributed by atoms with Crippen LogP contribution in [0.25, 0.3) is 0 Å². The normalized spacial score (nSPS) is 20.5. The van der Waals surface area contributed by atoms with E-state index in [4.69, 9.17) is 4.74 Å². The van der Waals surface area contributed by atoms with Crippen LogP contribution in [0.15, 0.2) is 18.2 Å². The van der Waals surface area contributed by atoms with Crippen LogP contribution in [-0.4, -0.2) is 26.0 Å². The second-order valence-corrected chi connectivity index (χ2v) is 4.74. The number of piperidine rings is 1. The average molecular weight is 233 g/mol. The van der Waals surface area contributed by atoms with Gasteiger partial charge in [0, 0.05) is 25.4 Å². The lowest BCUT2D eigenvalue weighted by molar-refractivity contribution is -0.122. The Bertz CT molecular complexity index is 428. The summed E-state index contributed by atoms with van der Waals surface area (Å²) in [5.41, 5.74) is 2.32. The third kappa shape index (κ3) is 2.43. The van der Waals surface area contributed by atoms with Gasteiger partial charge in [-0.1, -0.05) is 13.0 Å². The molecule has 0 radical (unpaired) electrons. The molecule has 1 unspecified atom stereocenters. The van der Waals surface area contributed by atoms with Crippen molar-refractivity contribution in [2.24, 2.45) is 5.92 Å². The lowest BCUT2D eigenvalue weighted by Crippen LogP contribution is -2.39. The van der Waals surface area contributed by atoms with Gasteiger partial charge in [-0.2, -0.15) is 0 Å². The third-order valence-corrected chi connectivity index (χ3v) is 3.35. The van der Waals surface area contributed by atoms with Crippen LogP contribution in [-0.2, 0) is 4.79 Å². The molecule has 1 heterocycles. The fourth-order valence-electron chi connectivity index (χ4n) is 2.28. The van der Waals surface area contributed by atoms with E-state index < -0.39 is 0 Å². The zero-order valence-electron chi connectivity index (χ0n) is 10.7. The highest BCUT2D eigenvalue weighted by molar-refractivity contribution is 5.83. The molecule has 1 aliphatic heterocycles. The molecular formula is C14H19NO2. The number of nitrogens with zero attached hydrogens (tertiary/aromatic N) is 1. The molecule has 1 saturated heterocycles. The molecule has 0 aromatic heterocycles. The minimum atomic E-state index is 0.119. The number of ketones is 1. The smallest absolute Gasteiger partial charge is 0.142 e. The summed E-state index contributed by atoms with van der Waals surface area (Å²) in [4.78, 5) is 13.8. The fraction of sp³-hybridized carbons (Fsp3) is 0.500. The third-order valence-electron chi connectivity index (χ3n) is 3.35. The largest absolute Gasteiger partial charge is 0.495 e. The maximum atomic E-state index is 11.5. The number of rotatable bonds is 2. The SMILES string of the molecule is COc1ccc(C)cc1N1CCC(=O)C(C)C1. The van der Waals surface area contributed by atoms with Crippen molar-refractivity contribution < 1.29 is 9.53 Å². The van der Waals surface area contributed by atoms with E-state index in [1.807, 2.05) is 19.1 Å². The number of methoxy groups -OCH3 is 1. The van der Waals surface area contributed by atoms with Crippen LogP contribution in [0.1, 0.15) is 18.9 Å². The first-order chi connectivity index (χ1) is 8.11. The van der Waals surface area contributed by atoms with E-state index in [-0.39, 0.29) is 5.92 Å². The lowest BCUT2D eigenvalue weighted by Gasteiger charge is -2.33. The van der Waals surface area contributed by atoms with Gasteiger partial charge in [0.15, 0.2) is 0 Å². The summed E-state index contributed by atoms with van der Waals surface area (Å²) >= 11 is 0. The van der Waals surface area contributed by atoms with Gasteiger partial charge in [-0.05, 0) is 24.6 Å². The first-order valence-corrected chi connectivity index (χ1v) is 6.04. The van der Waals surface area contributed by atoms with Crippen LogP contribution in [0, 0.1) is 12.8 Å². The van der Waals surface area contributed by atoms with Gasteiger partial charge in [-0.15, -0.1) is 0 Å². The Morgan fingerprint density at radius 1 is 1.41 bits per heavy atom. The van der Waals surface area contributed by atoms with Crippen LogP contribution < -0.4 is 9.64 Å². The fourth-order valence-corrected chi connectivity index (χ4v) is 2.28. The van der Waals surface area contributed by atoms with Crippen molar-refractivity contribution in [3.63, 3.8) is 0 Å². The molecule has 1 atom stereocenters. The Morgan fingerprint density at radius 3 is 2.82 bits per heavy atom. The van der Waals surface area contributed by atoms with Gasteiger partial charge in [0.2, 0.25) is 0 Å². The summed E-state index contributed by atoms with van der Waals surface area (Å²) < 4.78 is 5.39. The van der Waals surface area contributed by atoms with Crippen molar-refractivity contribution in [3.05, 3.63) is 23.8 Å². The first kappa shape index (κ1) is 12.0. The van der Waals surface area contributed by atoms with Gasteiger partial charge in [-0.3, -0.25) is 4.79 Å². The number of benzene rings is 1. The molecule has 0 bridgehead atoms. The second-order valence-electron chi connectivity index (χ2n) is 4.74. The van der Waals surface area contributed by atoms with Crippen molar-refractivity contribution >= 4 is 11.5 Å². The van der Waals surface area contributed by atoms with Crippen molar-refractivity contribution in [1.82, 2.24) is 0 Å². The molecule has 17 heavy (non-hydrogen) atoms. The Hall–Kier alpha value is -1.51. The monoisotopic (exact) mass is 233 g/mol. The van der Waals surface area contributed by atoms with Crippen LogP contribution in [0.4, 0.5) is 5.69 Å². The van der Waals surface area contributed by atoms with Crippen LogP contribution in [0.2, 0.25) is 0 Å². The zero-order valence-corrected chi connectivity index (χ0v) is 10.7. The van der Waals surface area contributed by atoms with Crippen LogP contribution in [0.5, 0.6) is 5.75 Å². The Balaban J connectivity index is 2.27. The molecule has 0 aliphatic carbocycles. The predicted molar refractivity (Wildman–Crippen MR) is 68.7 cm³/mol. The van der Waals surface area contributed by atoms with E-state index in [0.29, 0.717) is 12.2 Å². The Labute approximate surface area is 102 Å². The van der Waals surface area contributed by atoms with E-state index in [9.17, 15) is 4.79 Å². The zero-order chi connectivity index (χ0) is 12.4. The van der Waals surface area contributed by atoms with Crippen molar-refractivity contribution in [2.75, 3.05) is 25.1 Å². The molecule has 0 saturated carbocycles. The van der Waals surface area contributed by atoms with E-state index >= 15 is 0 Å². The van der Waals surface area contributed by atoms with Gasteiger partial charge in [0.25, 0.3) is 0 Å². The molecule has 1 aromatic rings. The predicted octanol–water partition coefficient (Wildman–Crippen LogP) is 2.42. The van der Waals surface area contributed by atoms with Crippen molar-refractivity contribution in [2.45, 2.75) is 20.3 Å². The molecule has 3 nitrogen and oxygen atoms in total. The molecular weight excluding hydrogens is 214 g/mol. The van der Waals surface area contributed by atoms with Crippen molar-refractivity contribution in [1.29, 1.82) is 0 Å². The number of ether oxygens (including phenoxy) is 1. The Morgan fingerprint density at radius 2 is 2.18 bits per heavy atom. The molecule has 0 amide bonds. The maximum Gasteiger partial charge on any atom is 0.142 e. The summed E-state index contributed by atoms with van der Waals surface area (Å²) in [6.07, 6.45) is 0.637. The molecule has 1 aliphatic rings. The average Bonchev–Trinajstić information content (AvgIpc) is 2.32. The Kier molecular flexibility index (Phi) is 3.36. The summed E-state index contributed by atoms with van der Waals surface area (Å²) in [5.74, 6) is 1.37. The molecule has 0 N–H and O–H groups in total. The van der Waals surface area contributed by atoms with Gasteiger partial charge in [0.1, 0.15) is 11.5 Å². The quantitative estimate of drug-likeness (QED) is 0.785. The lowest BCUT2D eigenvalue weighted by atomic mass is 9.98. The standard InChI is InChI=1S/C14H19NO2/c1-10-4-5-14(17-3)12(8-10)15-7-6-13(16)11(2)9-15/h4-5,8,11H,6-7,9H2,1-3H3. The number of carbonyl (C=O) groups excluding carboxylic acids is 1. The van der Waals surface area contributed by atoms with E-state index in [0.717, 1.165) is 24.5 Å². The molecule has 3 heteroatoms. The summed E-state index contributed by atoms with van der Waals surface area (Å²) in [6.45, 7) is 5.65. The number of aryl methyl sites for hydroxylation is 1. The molecule has 2 rings (SSSR count). The number of hydrogen-bond donors (Lipinski definition) is 0. The van der Waals surface area contributed by atoms with Gasteiger partial charge in [0.05, 0.1) is 12.8 Å². The molecule has 0 spiro atoms. The number of carbonyl (C=O) groups is 1. The topological polar surface area (TPSA) is 29.5 Å². The maximum absolute atomic E-state index is 11.5. The summed E-state index contributed by atoms with van der Waals surface area (Å²) in [6, 6.07) is 6.16. The highest BCUT2D eigenvalue weighted by atomic mass is 16.5. The minimum Gasteiger partial charge on any atom is -0.495 e. The summed E-state index contributed by atoms with van der Waals surface area (Å²) in [7, 11) is 1.69. The number of hydrogen-bond acceptors (Lipinski definition) is 3. The van der Waals surface area contributed by atoms with E-state index in [1.54, 1.807) is 7.11 Å². The molecule has 1 fully saturated rings. The van der Waals surface area contributed by atoms with Gasteiger partial charge < -0.3 is 9.64 Å². The summed E-state index contributed by atoms with van der Waals surface area (Å²) in [5, 5.41) is 0. The minimum absolute atomic E-state index is 0.119. The van der Waals surface area contributed by atoms with E-state index in [2.05, 4.69) is 17.9 Å². The highest BCUT2D eigenvalue weighted by Gasteiger charge is 2.25. The number of anilines is 1. The highest BCUT2D eigenvalue weighted by Crippen LogP contribution is 2.31. The van der Waals surface area contributed by atoms with E-state index in [1.165, 1.54) is 5.56 Å². The van der Waals surface area contributed by atoms with Crippen LogP contribution in [0.3, 0.4) is 0 Å².